The van der Waals surface area contributed by atoms with E-state index in [0.29, 0.717) is 23.4 Å². The van der Waals surface area contributed by atoms with E-state index in [4.69, 9.17) is 16.3 Å². The van der Waals surface area contributed by atoms with Crippen molar-refractivity contribution in [3.8, 4) is 0 Å². The Morgan fingerprint density at radius 3 is 2.50 bits per heavy atom. The largest absolute Gasteiger partial charge is 0.452 e. The third-order valence-corrected chi connectivity index (χ3v) is 4.63. The maximum atomic E-state index is 12.6. The van der Waals surface area contributed by atoms with Crippen LogP contribution in [0.1, 0.15) is 30.1 Å². The summed E-state index contributed by atoms with van der Waals surface area (Å²) in [6, 6.07) is 16.4. The van der Waals surface area contributed by atoms with Gasteiger partial charge in [0.1, 0.15) is 5.60 Å². The van der Waals surface area contributed by atoms with E-state index in [0.717, 1.165) is 18.7 Å². The minimum atomic E-state index is -1.35. The molecule has 2 N–H and O–H groups in total. The molecule has 2 aromatic rings. The van der Waals surface area contributed by atoms with Crippen LogP contribution in [0.3, 0.4) is 0 Å². The number of hydrogen-bond donors (Lipinski definition) is 2. The molecule has 0 saturated carbocycles. The van der Waals surface area contributed by atoms with Crippen LogP contribution < -0.4 is 5.32 Å². The van der Waals surface area contributed by atoms with E-state index < -0.39 is 17.7 Å². The number of carbonyl (C=O) groups is 1. The van der Waals surface area contributed by atoms with Crippen molar-refractivity contribution < 1.29 is 14.6 Å². The van der Waals surface area contributed by atoms with Crippen LogP contribution in [0.4, 0.5) is 0 Å². The number of benzene rings is 2. The lowest BCUT2D eigenvalue weighted by molar-refractivity contribution is -0.175. The molecule has 1 aliphatic rings. The van der Waals surface area contributed by atoms with Gasteiger partial charge in [-0.3, -0.25) is 0 Å². The summed E-state index contributed by atoms with van der Waals surface area (Å²) >= 11 is 5.94. The minimum Gasteiger partial charge on any atom is -0.452 e. The molecular formula is C19H20ClNO3. The molecule has 126 valence electrons. The summed E-state index contributed by atoms with van der Waals surface area (Å²) in [4.78, 5) is 12.6. The number of rotatable bonds is 4. The predicted molar refractivity (Wildman–Crippen MR) is 92.7 cm³/mol. The SMILES string of the molecule is O=C(OC1(c2ccccc2)CCNCC1)C(O)c1cccc(Cl)c1. The number of aliphatic hydroxyl groups is 1. The molecule has 24 heavy (non-hydrogen) atoms. The van der Waals surface area contributed by atoms with Crippen LogP contribution in [-0.4, -0.2) is 24.2 Å². The summed E-state index contributed by atoms with van der Waals surface area (Å²) < 4.78 is 5.85. The molecule has 1 unspecified atom stereocenters. The number of ether oxygens (including phenoxy) is 1. The van der Waals surface area contributed by atoms with Crippen molar-refractivity contribution in [1.82, 2.24) is 5.32 Å². The molecule has 1 heterocycles. The van der Waals surface area contributed by atoms with Gasteiger partial charge in [-0.2, -0.15) is 0 Å². The van der Waals surface area contributed by atoms with Crippen molar-refractivity contribution in [2.75, 3.05) is 13.1 Å². The molecule has 0 spiro atoms. The molecule has 2 aromatic carbocycles. The number of hydrogen-bond acceptors (Lipinski definition) is 4. The van der Waals surface area contributed by atoms with Gasteiger partial charge in [-0.25, -0.2) is 4.79 Å². The lowest BCUT2D eigenvalue weighted by atomic mass is 9.84. The third kappa shape index (κ3) is 3.61. The first-order valence-corrected chi connectivity index (χ1v) is 8.41. The number of carbonyl (C=O) groups excluding carboxylic acids is 1. The van der Waals surface area contributed by atoms with Crippen LogP contribution >= 0.6 is 11.6 Å². The lowest BCUT2D eigenvalue weighted by Gasteiger charge is -2.38. The second kappa shape index (κ2) is 7.34. The summed E-state index contributed by atoms with van der Waals surface area (Å²) in [5, 5.41) is 14.1. The smallest absolute Gasteiger partial charge is 0.340 e. The summed E-state index contributed by atoms with van der Waals surface area (Å²) in [7, 11) is 0. The number of aliphatic hydroxyl groups excluding tert-OH is 1. The molecule has 1 aliphatic heterocycles. The van der Waals surface area contributed by atoms with Crippen molar-refractivity contribution in [3.05, 3.63) is 70.7 Å². The molecule has 0 radical (unpaired) electrons. The maximum Gasteiger partial charge on any atom is 0.340 e. The van der Waals surface area contributed by atoms with Gasteiger partial charge in [-0.1, -0.05) is 54.1 Å². The molecule has 0 amide bonds. The van der Waals surface area contributed by atoms with Crippen molar-refractivity contribution in [2.45, 2.75) is 24.5 Å². The quantitative estimate of drug-likeness (QED) is 0.835. The lowest BCUT2D eigenvalue weighted by Crippen LogP contribution is -2.43. The number of halogens is 1. The van der Waals surface area contributed by atoms with E-state index in [1.165, 1.54) is 0 Å². The Labute approximate surface area is 146 Å². The highest BCUT2D eigenvalue weighted by molar-refractivity contribution is 6.30. The first-order valence-electron chi connectivity index (χ1n) is 8.03. The zero-order valence-electron chi connectivity index (χ0n) is 13.2. The summed E-state index contributed by atoms with van der Waals surface area (Å²) in [6.07, 6.45) is -0.00470. The van der Waals surface area contributed by atoms with Crippen molar-refractivity contribution in [2.24, 2.45) is 0 Å². The molecule has 0 aromatic heterocycles. The van der Waals surface area contributed by atoms with E-state index in [1.54, 1.807) is 24.3 Å². The van der Waals surface area contributed by atoms with Crippen LogP contribution in [0, 0.1) is 0 Å². The summed E-state index contributed by atoms with van der Waals surface area (Å²) in [5.74, 6) is -0.650. The second-order valence-corrected chi connectivity index (χ2v) is 6.43. The summed E-state index contributed by atoms with van der Waals surface area (Å²) in [5.41, 5.74) is 0.686. The number of nitrogens with one attached hydrogen (secondary N) is 1. The first-order chi connectivity index (χ1) is 11.6. The highest BCUT2D eigenvalue weighted by Gasteiger charge is 2.39. The second-order valence-electron chi connectivity index (χ2n) is 5.99. The number of piperidine rings is 1. The maximum absolute atomic E-state index is 12.6. The van der Waals surface area contributed by atoms with Gasteiger partial charge in [0.25, 0.3) is 0 Å². The van der Waals surface area contributed by atoms with Gasteiger partial charge < -0.3 is 15.2 Å². The standard InChI is InChI=1S/C19H20ClNO3/c20-16-8-4-5-14(13-16)17(22)18(23)24-19(9-11-21-12-10-19)15-6-2-1-3-7-15/h1-8,13,17,21-22H,9-12H2. The zero-order chi connectivity index (χ0) is 17.0. The molecule has 1 saturated heterocycles. The molecule has 5 heteroatoms. The Bertz CT molecular complexity index is 699. The van der Waals surface area contributed by atoms with E-state index in [-0.39, 0.29) is 0 Å². The normalized spacial score (nSPS) is 17.9. The topological polar surface area (TPSA) is 58.6 Å². The zero-order valence-corrected chi connectivity index (χ0v) is 14.0. The molecule has 4 nitrogen and oxygen atoms in total. The van der Waals surface area contributed by atoms with Gasteiger partial charge in [0.2, 0.25) is 0 Å². The van der Waals surface area contributed by atoms with E-state index in [1.807, 2.05) is 30.3 Å². The molecule has 0 aliphatic carbocycles. The molecule has 3 rings (SSSR count). The van der Waals surface area contributed by atoms with Crippen LogP contribution in [0.2, 0.25) is 5.02 Å². The van der Waals surface area contributed by atoms with Gasteiger partial charge in [-0.05, 0) is 36.3 Å². The van der Waals surface area contributed by atoms with Crippen LogP contribution in [0.15, 0.2) is 54.6 Å². The van der Waals surface area contributed by atoms with Crippen molar-refractivity contribution in [1.29, 1.82) is 0 Å². The minimum absolute atomic E-state index is 0.435. The molecule has 1 atom stereocenters. The van der Waals surface area contributed by atoms with Crippen molar-refractivity contribution >= 4 is 17.6 Å². The van der Waals surface area contributed by atoms with Gasteiger partial charge in [0, 0.05) is 17.9 Å². The average molecular weight is 346 g/mol. The van der Waals surface area contributed by atoms with Crippen LogP contribution in [-0.2, 0) is 15.1 Å². The molecular weight excluding hydrogens is 326 g/mol. The average Bonchev–Trinajstić information content (AvgIpc) is 2.62. The van der Waals surface area contributed by atoms with Crippen LogP contribution in [0.25, 0.3) is 0 Å². The molecule has 0 bridgehead atoms. The van der Waals surface area contributed by atoms with Gasteiger partial charge in [0.15, 0.2) is 6.10 Å². The Hall–Kier alpha value is -1.88. The highest BCUT2D eigenvalue weighted by Crippen LogP contribution is 2.36. The Morgan fingerprint density at radius 1 is 1.12 bits per heavy atom. The van der Waals surface area contributed by atoms with Gasteiger partial charge in [-0.15, -0.1) is 0 Å². The van der Waals surface area contributed by atoms with Crippen LogP contribution in [0.5, 0.6) is 0 Å². The van der Waals surface area contributed by atoms with E-state index in [2.05, 4.69) is 5.32 Å². The van der Waals surface area contributed by atoms with Crippen molar-refractivity contribution in [3.63, 3.8) is 0 Å². The fourth-order valence-electron chi connectivity index (χ4n) is 3.08. The predicted octanol–water partition coefficient (Wildman–Crippen LogP) is 3.20. The first kappa shape index (κ1) is 17.0. The number of esters is 1. The summed E-state index contributed by atoms with van der Waals surface area (Å²) in [6.45, 7) is 1.52. The van der Waals surface area contributed by atoms with E-state index >= 15 is 0 Å². The van der Waals surface area contributed by atoms with Gasteiger partial charge in [0.05, 0.1) is 0 Å². The highest BCUT2D eigenvalue weighted by atomic mass is 35.5. The Balaban J connectivity index is 1.83. The van der Waals surface area contributed by atoms with E-state index in [9.17, 15) is 9.90 Å². The fraction of sp³-hybridized carbons (Fsp3) is 0.316. The third-order valence-electron chi connectivity index (χ3n) is 4.39. The molecule has 1 fully saturated rings. The monoisotopic (exact) mass is 345 g/mol. The Kier molecular flexibility index (Phi) is 5.19. The van der Waals surface area contributed by atoms with Gasteiger partial charge >= 0.3 is 5.97 Å². The Morgan fingerprint density at radius 2 is 1.83 bits per heavy atom. The fourth-order valence-corrected chi connectivity index (χ4v) is 3.28.